The third-order valence-electron chi connectivity index (χ3n) is 5.40. The van der Waals surface area contributed by atoms with Crippen molar-refractivity contribution in [2.24, 2.45) is 0 Å². The maximum Gasteiger partial charge on any atom is 1.00 e. The number of carboxylic acid groups (broad SMARTS) is 1. The van der Waals surface area contributed by atoms with Crippen LogP contribution in [0.4, 0.5) is 5.69 Å². The molecule has 3 aromatic rings. The van der Waals surface area contributed by atoms with Crippen LogP contribution in [0.3, 0.4) is 0 Å². The molecule has 2 aromatic heterocycles. The zero-order valence-electron chi connectivity index (χ0n) is 16.1. The van der Waals surface area contributed by atoms with Gasteiger partial charge in [-0.2, -0.15) is 0 Å². The molecule has 29 heavy (non-hydrogen) atoms. The Morgan fingerprint density at radius 2 is 2.10 bits per heavy atom. The summed E-state index contributed by atoms with van der Waals surface area (Å²) < 4.78 is 1.41. The standard InChI is InChI=1S/C20H19N3O5.Na/c1-2-20(28,19(26)27)13-7-16-17-10(8-23(16)18(25)12(13)9-24)6-11-14(21)4-3-5-15(11)22-17;/h3-7,24,28H,2,8-9,21H2,1H3,(H,26,27);/q;+1/p-1/t20-;/m0./s1. The van der Waals surface area contributed by atoms with Crippen LogP contribution in [0, 0.1) is 0 Å². The number of aliphatic hydroxyl groups excluding tert-OH is 1. The monoisotopic (exact) mass is 403 g/mol. The van der Waals surface area contributed by atoms with Gasteiger partial charge in [-0.3, -0.25) is 4.79 Å². The largest absolute Gasteiger partial charge is 1.00 e. The van der Waals surface area contributed by atoms with Gasteiger partial charge in [-0.15, -0.1) is 0 Å². The summed E-state index contributed by atoms with van der Waals surface area (Å²) in [5, 5.41) is 32.7. The van der Waals surface area contributed by atoms with Crippen molar-refractivity contribution < 1.29 is 49.7 Å². The fraction of sp³-hybridized carbons (Fsp3) is 0.250. The van der Waals surface area contributed by atoms with E-state index in [0.29, 0.717) is 22.6 Å². The number of pyridine rings is 2. The number of anilines is 1. The van der Waals surface area contributed by atoms with Crippen molar-refractivity contribution in [2.45, 2.75) is 32.1 Å². The SMILES string of the molecule is CC[C@@](O)(C(=O)[O-])c1cc2n(c(=O)c1CO)Cc1cc3c(N)cccc3nc1-2.[Na+]. The number of hydrogen-bond acceptors (Lipinski definition) is 7. The molecule has 0 radical (unpaired) electrons. The van der Waals surface area contributed by atoms with Gasteiger partial charge in [-0.1, -0.05) is 13.0 Å². The van der Waals surface area contributed by atoms with E-state index in [1.54, 1.807) is 18.2 Å². The van der Waals surface area contributed by atoms with E-state index in [0.717, 1.165) is 10.9 Å². The molecule has 0 saturated carbocycles. The van der Waals surface area contributed by atoms with Crippen molar-refractivity contribution in [1.82, 2.24) is 9.55 Å². The second-order valence-corrected chi connectivity index (χ2v) is 6.88. The molecule has 1 aliphatic rings. The minimum atomic E-state index is -2.39. The van der Waals surface area contributed by atoms with Crippen molar-refractivity contribution in [3.63, 3.8) is 0 Å². The molecule has 1 aromatic carbocycles. The number of fused-ring (bicyclic) bond motifs is 4. The third kappa shape index (κ3) is 3.08. The zero-order chi connectivity index (χ0) is 20.2. The third-order valence-corrected chi connectivity index (χ3v) is 5.40. The average Bonchev–Trinajstić information content (AvgIpc) is 3.04. The van der Waals surface area contributed by atoms with Crippen molar-refractivity contribution in [3.8, 4) is 11.4 Å². The van der Waals surface area contributed by atoms with Crippen LogP contribution in [0.15, 0.2) is 35.1 Å². The summed E-state index contributed by atoms with van der Waals surface area (Å²) in [4.78, 5) is 29.2. The number of benzene rings is 1. The Kier molecular flexibility index (Phi) is 5.59. The van der Waals surface area contributed by atoms with Crippen LogP contribution in [-0.2, 0) is 23.5 Å². The van der Waals surface area contributed by atoms with Crippen LogP contribution < -0.4 is 46.0 Å². The molecule has 4 rings (SSSR count). The summed E-state index contributed by atoms with van der Waals surface area (Å²) in [5.74, 6) is -1.73. The van der Waals surface area contributed by atoms with Crippen LogP contribution in [-0.4, -0.2) is 25.7 Å². The van der Waals surface area contributed by atoms with Gasteiger partial charge in [0.15, 0.2) is 0 Å². The fourth-order valence-corrected chi connectivity index (χ4v) is 3.78. The molecule has 8 nitrogen and oxygen atoms in total. The summed E-state index contributed by atoms with van der Waals surface area (Å²) in [6.45, 7) is 0.969. The van der Waals surface area contributed by atoms with Gasteiger partial charge in [0.25, 0.3) is 5.56 Å². The molecular formula is C20H18N3NaO5. The second-order valence-electron chi connectivity index (χ2n) is 6.88. The molecule has 0 aliphatic carbocycles. The second kappa shape index (κ2) is 7.55. The molecule has 0 amide bonds. The van der Waals surface area contributed by atoms with Gasteiger partial charge in [0.05, 0.1) is 36.0 Å². The predicted octanol–water partition coefficient (Wildman–Crippen LogP) is -3.15. The van der Waals surface area contributed by atoms with Crippen molar-refractivity contribution >= 4 is 22.6 Å². The van der Waals surface area contributed by atoms with E-state index in [4.69, 9.17) is 5.73 Å². The Bertz CT molecular complexity index is 1210. The maximum absolute atomic E-state index is 13.0. The summed E-state index contributed by atoms with van der Waals surface area (Å²) in [7, 11) is 0. The first-order valence-electron chi connectivity index (χ1n) is 8.82. The number of aliphatic hydroxyl groups is 2. The van der Waals surface area contributed by atoms with Crippen LogP contribution >= 0.6 is 0 Å². The minimum Gasteiger partial charge on any atom is -0.547 e. The molecule has 4 N–H and O–H groups in total. The first kappa shape index (κ1) is 21.5. The first-order chi connectivity index (χ1) is 13.3. The molecule has 0 unspecified atom stereocenters. The number of nitrogens with zero attached hydrogens (tertiary/aromatic N) is 2. The summed E-state index contributed by atoms with van der Waals surface area (Å²) in [6.07, 6.45) is -0.222. The zero-order valence-corrected chi connectivity index (χ0v) is 18.1. The number of aliphatic carboxylic acids is 1. The molecular weight excluding hydrogens is 385 g/mol. The van der Waals surface area contributed by atoms with Gasteiger partial charge >= 0.3 is 29.6 Å². The maximum atomic E-state index is 13.0. The molecule has 1 atom stereocenters. The molecule has 0 bridgehead atoms. The quantitative estimate of drug-likeness (QED) is 0.241. The number of nitrogen functional groups attached to an aromatic ring is 1. The molecule has 9 heteroatoms. The van der Waals surface area contributed by atoms with Crippen molar-refractivity contribution in [3.05, 3.63) is 57.4 Å². The molecule has 1 aliphatic heterocycles. The van der Waals surface area contributed by atoms with Crippen molar-refractivity contribution in [1.29, 1.82) is 0 Å². The predicted molar refractivity (Wildman–Crippen MR) is 100 cm³/mol. The number of rotatable bonds is 4. The van der Waals surface area contributed by atoms with Gasteiger partial charge in [0.1, 0.15) is 5.60 Å². The van der Waals surface area contributed by atoms with Crippen LogP contribution in [0.1, 0.15) is 30.0 Å². The van der Waals surface area contributed by atoms with Crippen molar-refractivity contribution in [2.75, 3.05) is 5.73 Å². The molecule has 0 saturated heterocycles. The van der Waals surface area contributed by atoms with Gasteiger partial charge in [0.2, 0.25) is 0 Å². The Morgan fingerprint density at radius 1 is 1.38 bits per heavy atom. The van der Waals surface area contributed by atoms with E-state index in [2.05, 4.69) is 4.98 Å². The van der Waals surface area contributed by atoms with E-state index >= 15 is 0 Å². The minimum absolute atomic E-state index is 0. The van der Waals surface area contributed by atoms with E-state index < -0.39 is 23.7 Å². The molecule has 144 valence electrons. The summed E-state index contributed by atoms with van der Waals surface area (Å²) in [5.41, 5.74) is 5.55. The number of aromatic nitrogens is 2. The smallest absolute Gasteiger partial charge is 0.547 e. The average molecular weight is 403 g/mol. The van der Waals surface area contributed by atoms with E-state index in [1.807, 2.05) is 6.07 Å². The molecule has 0 fully saturated rings. The van der Waals surface area contributed by atoms with Gasteiger partial charge in [-0.25, -0.2) is 4.98 Å². The van der Waals surface area contributed by atoms with Crippen LogP contribution in [0.5, 0.6) is 0 Å². The van der Waals surface area contributed by atoms with Crippen LogP contribution in [0.25, 0.3) is 22.3 Å². The number of carboxylic acids is 1. The molecule has 3 heterocycles. The topological polar surface area (TPSA) is 142 Å². The Morgan fingerprint density at radius 3 is 2.72 bits per heavy atom. The Labute approximate surface area is 187 Å². The number of nitrogens with two attached hydrogens (primary N) is 1. The van der Waals surface area contributed by atoms with Gasteiger partial charge < -0.3 is 30.4 Å². The Balaban J connectivity index is 0.00000240. The normalized spacial score (nSPS) is 14.0. The summed E-state index contributed by atoms with van der Waals surface area (Å²) in [6, 6.07) is 8.57. The number of carbonyl (C=O) groups excluding carboxylic acids is 1. The number of carbonyl (C=O) groups is 1. The van der Waals surface area contributed by atoms with Crippen LogP contribution in [0.2, 0.25) is 0 Å². The fourth-order valence-electron chi connectivity index (χ4n) is 3.78. The summed E-state index contributed by atoms with van der Waals surface area (Å²) >= 11 is 0. The van der Waals surface area contributed by atoms with Gasteiger partial charge in [-0.05, 0) is 30.7 Å². The van der Waals surface area contributed by atoms with E-state index in [9.17, 15) is 24.9 Å². The Hall–Kier alpha value is -2.23. The molecule has 0 spiro atoms. The first-order valence-corrected chi connectivity index (χ1v) is 8.82. The van der Waals surface area contributed by atoms with Gasteiger partial charge in [0, 0.05) is 27.8 Å². The van der Waals surface area contributed by atoms with E-state index in [-0.39, 0.29) is 53.6 Å². The number of hydrogen-bond donors (Lipinski definition) is 3. The van der Waals surface area contributed by atoms with E-state index in [1.165, 1.54) is 17.6 Å².